The third-order valence-corrected chi connectivity index (χ3v) is 7.53. The van der Waals surface area contributed by atoms with Gasteiger partial charge in [0.1, 0.15) is 17.7 Å². The number of halogens is 5. The van der Waals surface area contributed by atoms with Gasteiger partial charge in [0.2, 0.25) is 11.8 Å². The van der Waals surface area contributed by atoms with Crippen LogP contribution in [0.3, 0.4) is 0 Å². The van der Waals surface area contributed by atoms with E-state index in [0.717, 1.165) is 23.1 Å². The highest BCUT2D eigenvalue weighted by atomic mass is 19.4. The van der Waals surface area contributed by atoms with Crippen molar-refractivity contribution in [1.82, 2.24) is 15.1 Å². The molecule has 0 saturated carbocycles. The van der Waals surface area contributed by atoms with Crippen molar-refractivity contribution in [2.45, 2.75) is 56.6 Å². The molecule has 1 atom stereocenters. The number of nitrogens with zero attached hydrogens (tertiary/aromatic N) is 2. The first-order valence-electron chi connectivity index (χ1n) is 12.1. The van der Waals surface area contributed by atoms with E-state index in [4.69, 9.17) is 0 Å². The van der Waals surface area contributed by atoms with Gasteiger partial charge in [0.25, 0.3) is 5.91 Å². The Bertz CT molecular complexity index is 1320. The summed E-state index contributed by atoms with van der Waals surface area (Å²) in [5.41, 5.74) is -3.17. The minimum atomic E-state index is -4.48. The van der Waals surface area contributed by atoms with E-state index in [9.17, 15) is 32.7 Å². The van der Waals surface area contributed by atoms with Gasteiger partial charge in [0, 0.05) is 31.6 Å². The maximum Gasteiger partial charge on any atom is 0.416 e. The number of carbonyl (C=O) groups excluding carboxylic acids is 3. The molecular weight excluding hydrogens is 513 g/mol. The molecule has 3 aliphatic rings. The number of imide groups is 1. The van der Waals surface area contributed by atoms with Crippen LogP contribution >= 0.6 is 0 Å². The predicted octanol–water partition coefficient (Wildman–Crippen LogP) is 3.23. The number of piperidine rings is 2. The SMILES string of the molecule is O=C1CCC(N2Cc3c(cc(F)c(C4(O)CCN(Cc5cccc(C(F)(F)F)c5)CC4)c3F)C2=O)C(=O)N1. The monoisotopic (exact) mass is 537 g/mol. The summed E-state index contributed by atoms with van der Waals surface area (Å²) in [6.07, 6.45) is -4.56. The van der Waals surface area contributed by atoms with Crippen LogP contribution in [-0.4, -0.2) is 51.8 Å². The first kappa shape index (κ1) is 26.2. The number of amides is 3. The maximum atomic E-state index is 15.7. The number of rotatable bonds is 4. The summed E-state index contributed by atoms with van der Waals surface area (Å²) in [6.45, 7) is 0.204. The highest BCUT2D eigenvalue weighted by Gasteiger charge is 2.45. The molecule has 202 valence electrons. The molecule has 3 aliphatic heterocycles. The van der Waals surface area contributed by atoms with E-state index in [2.05, 4.69) is 5.32 Å². The highest BCUT2D eigenvalue weighted by Crippen LogP contribution is 2.41. The van der Waals surface area contributed by atoms with Gasteiger partial charge in [-0.1, -0.05) is 18.2 Å². The molecule has 0 aliphatic carbocycles. The van der Waals surface area contributed by atoms with Crippen molar-refractivity contribution in [2.75, 3.05) is 13.1 Å². The van der Waals surface area contributed by atoms with E-state index >= 15 is 8.78 Å². The predicted molar refractivity (Wildman–Crippen MR) is 122 cm³/mol. The van der Waals surface area contributed by atoms with Crippen molar-refractivity contribution in [1.29, 1.82) is 0 Å². The van der Waals surface area contributed by atoms with Crippen molar-refractivity contribution >= 4 is 17.7 Å². The molecule has 2 aromatic carbocycles. The summed E-state index contributed by atoms with van der Waals surface area (Å²) in [4.78, 5) is 39.5. The third kappa shape index (κ3) is 4.66. The Morgan fingerprint density at radius 2 is 1.79 bits per heavy atom. The Hall–Kier alpha value is -3.38. The van der Waals surface area contributed by atoms with E-state index in [-0.39, 0.29) is 63.0 Å². The normalized spacial score (nSPS) is 22.0. The number of hydrogen-bond donors (Lipinski definition) is 2. The second-order valence-corrected chi connectivity index (χ2v) is 9.98. The number of hydrogen-bond acceptors (Lipinski definition) is 5. The molecule has 2 saturated heterocycles. The number of nitrogens with one attached hydrogen (secondary N) is 1. The first-order valence-corrected chi connectivity index (χ1v) is 12.1. The molecule has 2 aromatic rings. The van der Waals surface area contributed by atoms with E-state index < -0.39 is 58.3 Å². The second kappa shape index (κ2) is 9.42. The van der Waals surface area contributed by atoms with E-state index in [0.29, 0.717) is 5.56 Å². The van der Waals surface area contributed by atoms with Gasteiger partial charge in [-0.05, 0) is 37.0 Å². The van der Waals surface area contributed by atoms with E-state index in [1.807, 2.05) is 0 Å². The van der Waals surface area contributed by atoms with Gasteiger partial charge in [-0.2, -0.15) is 13.2 Å². The minimum absolute atomic E-state index is 0.00930. The fourth-order valence-electron chi connectivity index (χ4n) is 5.50. The smallest absolute Gasteiger partial charge is 0.385 e. The molecule has 2 fully saturated rings. The summed E-state index contributed by atoms with van der Waals surface area (Å²) in [6, 6.07) is 4.76. The molecule has 0 radical (unpaired) electrons. The Kier molecular flexibility index (Phi) is 6.50. The van der Waals surface area contributed by atoms with Crippen molar-refractivity contribution in [3.63, 3.8) is 0 Å². The van der Waals surface area contributed by atoms with Crippen LogP contribution in [0.25, 0.3) is 0 Å². The molecule has 2 N–H and O–H groups in total. The van der Waals surface area contributed by atoms with Gasteiger partial charge in [-0.3, -0.25) is 24.6 Å². The zero-order valence-electron chi connectivity index (χ0n) is 20.1. The van der Waals surface area contributed by atoms with Crippen molar-refractivity contribution in [3.05, 3.63) is 69.8 Å². The summed E-state index contributed by atoms with van der Waals surface area (Å²) >= 11 is 0. The van der Waals surface area contributed by atoms with Gasteiger partial charge in [-0.25, -0.2) is 8.78 Å². The minimum Gasteiger partial charge on any atom is -0.385 e. The van der Waals surface area contributed by atoms with Crippen LogP contribution < -0.4 is 5.32 Å². The van der Waals surface area contributed by atoms with Crippen LogP contribution in [0.15, 0.2) is 30.3 Å². The highest BCUT2D eigenvalue weighted by molar-refractivity contribution is 6.05. The van der Waals surface area contributed by atoms with Crippen molar-refractivity contribution < 1.29 is 41.4 Å². The summed E-state index contributed by atoms with van der Waals surface area (Å²) in [5, 5.41) is 13.4. The molecular formula is C26H24F5N3O4. The summed E-state index contributed by atoms with van der Waals surface area (Å²) in [7, 11) is 0. The van der Waals surface area contributed by atoms with Gasteiger partial charge in [0.05, 0.1) is 28.8 Å². The average Bonchev–Trinajstić information content (AvgIpc) is 3.17. The van der Waals surface area contributed by atoms with Crippen LogP contribution in [0.4, 0.5) is 22.0 Å². The molecule has 0 bridgehead atoms. The molecule has 38 heavy (non-hydrogen) atoms. The molecule has 0 spiro atoms. The van der Waals surface area contributed by atoms with Gasteiger partial charge in [0.15, 0.2) is 0 Å². The lowest BCUT2D eigenvalue weighted by atomic mass is 9.82. The number of alkyl halides is 3. The lowest BCUT2D eigenvalue weighted by Crippen LogP contribution is -2.52. The van der Waals surface area contributed by atoms with Gasteiger partial charge < -0.3 is 10.0 Å². The third-order valence-electron chi connectivity index (χ3n) is 7.53. The summed E-state index contributed by atoms with van der Waals surface area (Å²) < 4.78 is 69.9. The fraction of sp³-hybridized carbons (Fsp3) is 0.423. The molecule has 3 amide bonds. The lowest BCUT2D eigenvalue weighted by Gasteiger charge is -2.39. The topological polar surface area (TPSA) is 90.0 Å². The molecule has 3 heterocycles. The molecule has 7 nitrogen and oxygen atoms in total. The van der Waals surface area contributed by atoms with Gasteiger partial charge in [-0.15, -0.1) is 0 Å². The zero-order chi connectivity index (χ0) is 27.4. The Morgan fingerprint density at radius 3 is 2.45 bits per heavy atom. The molecule has 0 aromatic heterocycles. The number of carbonyl (C=O) groups is 3. The standard InChI is InChI=1S/C26H24F5N3O4/c27-18-11-16-17(13-34(24(16)37)19-4-5-20(35)32-23(19)36)22(28)21(18)25(38)6-8-33(9-7-25)12-14-2-1-3-15(10-14)26(29,30)31/h1-3,10-11,19,38H,4-9,12-13H2,(H,32,35,36). The van der Waals surface area contributed by atoms with Crippen molar-refractivity contribution in [3.8, 4) is 0 Å². The summed E-state index contributed by atoms with van der Waals surface area (Å²) in [5.74, 6) is -4.04. The van der Waals surface area contributed by atoms with Crippen LogP contribution in [-0.2, 0) is 34.5 Å². The number of likely N-dealkylation sites (tertiary alicyclic amines) is 1. The Labute approximate surface area is 214 Å². The maximum absolute atomic E-state index is 15.7. The molecule has 5 rings (SSSR count). The zero-order valence-corrected chi connectivity index (χ0v) is 20.1. The number of fused-ring (bicyclic) bond motifs is 1. The molecule has 12 heteroatoms. The number of aliphatic hydroxyl groups is 1. The lowest BCUT2D eigenvalue weighted by molar-refractivity contribution is -0.138. The van der Waals surface area contributed by atoms with Crippen LogP contribution in [0, 0.1) is 11.6 Å². The average molecular weight is 537 g/mol. The second-order valence-electron chi connectivity index (χ2n) is 9.98. The van der Waals surface area contributed by atoms with Crippen LogP contribution in [0.1, 0.15) is 58.3 Å². The van der Waals surface area contributed by atoms with Gasteiger partial charge >= 0.3 is 6.18 Å². The fourth-order valence-corrected chi connectivity index (χ4v) is 5.50. The Balaban J connectivity index is 1.33. The van der Waals surface area contributed by atoms with Crippen molar-refractivity contribution in [2.24, 2.45) is 0 Å². The molecule has 1 unspecified atom stereocenters. The van der Waals surface area contributed by atoms with E-state index in [1.54, 1.807) is 11.0 Å². The van der Waals surface area contributed by atoms with Crippen LogP contribution in [0.5, 0.6) is 0 Å². The quantitative estimate of drug-likeness (QED) is 0.462. The number of benzene rings is 2. The van der Waals surface area contributed by atoms with E-state index in [1.165, 1.54) is 6.07 Å². The largest absolute Gasteiger partial charge is 0.416 e. The Morgan fingerprint density at radius 1 is 1.08 bits per heavy atom. The first-order chi connectivity index (χ1) is 17.9. The van der Waals surface area contributed by atoms with Crippen LogP contribution in [0.2, 0.25) is 0 Å².